The lowest BCUT2D eigenvalue weighted by Gasteiger charge is -2.11. The van der Waals surface area contributed by atoms with Crippen molar-refractivity contribution in [2.75, 3.05) is 17.2 Å². The molecule has 3 rings (SSSR count). The van der Waals surface area contributed by atoms with Crippen molar-refractivity contribution in [1.82, 2.24) is 5.16 Å². The Bertz CT molecular complexity index is 827. The van der Waals surface area contributed by atoms with Crippen molar-refractivity contribution < 1.29 is 17.7 Å². The van der Waals surface area contributed by atoms with Crippen molar-refractivity contribution in [1.29, 1.82) is 0 Å². The van der Waals surface area contributed by atoms with E-state index in [1.165, 1.54) is 4.90 Å². The van der Waals surface area contributed by atoms with Crippen LogP contribution in [0.2, 0.25) is 0 Å². The Morgan fingerprint density at radius 3 is 2.70 bits per heavy atom. The Kier molecular flexibility index (Phi) is 3.95. The van der Waals surface area contributed by atoms with Gasteiger partial charge in [-0.1, -0.05) is 35.0 Å². The number of rotatable bonds is 4. The lowest BCUT2D eigenvalue weighted by atomic mass is 10.1. The summed E-state index contributed by atoms with van der Waals surface area (Å²) in [5.41, 5.74) is 2.65. The minimum absolute atomic E-state index is 0.136. The van der Waals surface area contributed by atoms with E-state index in [9.17, 15) is 13.2 Å². The number of hydrogen-bond donors (Lipinski definition) is 1. The first-order valence-corrected chi connectivity index (χ1v) is 8.88. The number of hydrogen-bond acceptors (Lipinski definition) is 5. The van der Waals surface area contributed by atoms with Gasteiger partial charge in [0.25, 0.3) is 0 Å². The number of primary sulfonamides is 1. The van der Waals surface area contributed by atoms with Gasteiger partial charge in [0.2, 0.25) is 21.8 Å². The zero-order valence-corrected chi connectivity index (χ0v) is 13.4. The third kappa shape index (κ3) is 3.59. The van der Waals surface area contributed by atoms with Crippen LogP contribution in [0.4, 0.5) is 5.88 Å². The molecule has 1 atom stereocenters. The van der Waals surface area contributed by atoms with Crippen LogP contribution in [0.5, 0.6) is 0 Å². The standard InChI is InChI=1S/C15H17N3O4S/c1-10-2-4-12(5-3-10)13-7-15(22-17-13)18-8-11(6-14(18)19)9-23(16,20)21/h2-5,7,11H,6,8-9H2,1H3,(H2,16,20,21). The van der Waals surface area contributed by atoms with Gasteiger partial charge in [-0.05, 0) is 6.92 Å². The summed E-state index contributed by atoms with van der Waals surface area (Å²) in [5, 5.41) is 9.03. The number of carbonyl (C=O) groups is 1. The van der Waals surface area contributed by atoms with E-state index in [1.54, 1.807) is 6.07 Å². The Balaban J connectivity index is 1.78. The molecule has 7 nitrogen and oxygen atoms in total. The van der Waals surface area contributed by atoms with Crippen molar-refractivity contribution in [3.8, 4) is 11.3 Å². The molecule has 1 aromatic heterocycles. The molecule has 1 unspecified atom stereocenters. The Labute approximate surface area is 134 Å². The summed E-state index contributed by atoms with van der Waals surface area (Å²) in [6.07, 6.45) is 0.136. The average Bonchev–Trinajstić information content (AvgIpc) is 3.04. The van der Waals surface area contributed by atoms with Crippen molar-refractivity contribution in [2.45, 2.75) is 13.3 Å². The zero-order chi connectivity index (χ0) is 16.6. The zero-order valence-electron chi connectivity index (χ0n) is 12.6. The molecule has 1 aliphatic heterocycles. The molecular formula is C15H17N3O4S. The van der Waals surface area contributed by atoms with Gasteiger partial charge >= 0.3 is 0 Å². The summed E-state index contributed by atoms with van der Waals surface area (Å²) in [6.45, 7) is 2.25. The molecule has 8 heteroatoms. The van der Waals surface area contributed by atoms with E-state index in [4.69, 9.17) is 9.66 Å². The fraction of sp³-hybridized carbons (Fsp3) is 0.333. The molecule has 1 saturated heterocycles. The number of benzene rings is 1. The predicted molar refractivity (Wildman–Crippen MR) is 85.1 cm³/mol. The molecule has 122 valence electrons. The van der Waals surface area contributed by atoms with Crippen LogP contribution in [0.3, 0.4) is 0 Å². The molecule has 1 amide bonds. The molecule has 2 N–H and O–H groups in total. The lowest BCUT2D eigenvalue weighted by molar-refractivity contribution is -0.117. The molecule has 0 bridgehead atoms. The summed E-state index contributed by atoms with van der Waals surface area (Å²) >= 11 is 0. The summed E-state index contributed by atoms with van der Waals surface area (Å²) in [4.78, 5) is 13.5. The van der Waals surface area contributed by atoms with E-state index < -0.39 is 10.0 Å². The van der Waals surface area contributed by atoms with Crippen LogP contribution < -0.4 is 10.0 Å². The summed E-state index contributed by atoms with van der Waals surface area (Å²) in [6, 6.07) is 9.46. The van der Waals surface area contributed by atoms with Gasteiger partial charge in [0, 0.05) is 30.5 Å². The van der Waals surface area contributed by atoms with Gasteiger partial charge in [0.1, 0.15) is 5.69 Å². The molecule has 0 spiro atoms. The fourth-order valence-electron chi connectivity index (χ4n) is 2.69. The highest BCUT2D eigenvalue weighted by Crippen LogP contribution is 2.29. The molecule has 0 radical (unpaired) electrons. The van der Waals surface area contributed by atoms with Gasteiger partial charge < -0.3 is 4.52 Å². The molecule has 1 fully saturated rings. The first-order valence-electron chi connectivity index (χ1n) is 7.16. The van der Waals surface area contributed by atoms with Crippen LogP contribution >= 0.6 is 0 Å². The lowest BCUT2D eigenvalue weighted by Crippen LogP contribution is -2.27. The van der Waals surface area contributed by atoms with Crippen LogP contribution in [0.15, 0.2) is 34.9 Å². The molecule has 23 heavy (non-hydrogen) atoms. The van der Waals surface area contributed by atoms with Gasteiger partial charge in [0.05, 0.1) is 5.75 Å². The number of anilines is 1. The number of aromatic nitrogens is 1. The van der Waals surface area contributed by atoms with Crippen molar-refractivity contribution >= 4 is 21.8 Å². The number of aryl methyl sites for hydroxylation is 1. The van der Waals surface area contributed by atoms with Gasteiger partial charge in [-0.25, -0.2) is 13.6 Å². The van der Waals surface area contributed by atoms with E-state index in [-0.39, 0.29) is 30.5 Å². The van der Waals surface area contributed by atoms with Gasteiger partial charge in [-0.15, -0.1) is 0 Å². The van der Waals surface area contributed by atoms with Crippen LogP contribution in [0.25, 0.3) is 11.3 Å². The fourth-order valence-corrected chi connectivity index (χ4v) is 3.57. The Hall–Kier alpha value is -2.19. The number of nitrogens with two attached hydrogens (primary N) is 1. The second kappa shape index (κ2) is 5.78. The maximum absolute atomic E-state index is 12.1. The molecule has 0 saturated carbocycles. The molecular weight excluding hydrogens is 318 g/mol. The third-order valence-corrected chi connectivity index (χ3v) is 4.72. The molecule has 1 aromatic carbocycles. The van der Waals surface area contributed by atoms with Crippen molar-refractivity contribution in [3.63, 3.8) is 0 Å². The molecule has 0 aliphatic carbocycles. The topological polar surface area (TPSA) is 106 Å². The monoisotopic (exact) mass is 335 g/mol. The Morgan fingerprint density at radius 2 is 2.04 bits per heavy atom. The first kappa shape index (κ1) is 15.7. The maximum atomic E-state index is 12.1. The van der Waals surface area contributed by atoms with E-state index in [0.717, 1.165) is 11.1 Å². The van der Waals surface area contributed by atoms with Crippen LogP contribution in [-0.2, 0) is 14.8 Å². The minimum Gasteiger partial charge on any atom is -0.338 e. The van der Waals surface area contributed by atoms with Gasteiger partial charge in [0.15, 0.2) is 0 Å². The summed E-state index contributed by atoms with van der Waals surface area (Å²) in [7, 11) is -3.60. The summed E-state index contributed by atoms with van der Waals surface area (Å²) < 4.78 is 27.6. The number of sulfonamides is 1. The number of nitrogens with zero attached hydrogens (tertiary/aromatic N) is 2. The average molecular weight is 335 g/mol. The maximum Gasteiger partial charge on any atom is 0.234 e. The molecule has 1 aliphatic rings. The number of amides is 1. The highest BCUT2D eigenvalue weighted by atomic mass is 32.2. The molecule has 2 heterocycles. The smallest absolute Gasteiger partial charge is 0.234 e. The van der Waals surface area contributed by atoms with E-state index in [2.05, 4.69) is 5.16 Å². The third-order valence-electron chi connectivity index (χ3n) is 3.78. The largest absolute Gasteiger partial charge is 0.338 e. The second-order valence-corrected chi connectivity index (χ2v) is 7.48. The van der Waals surface area contributed by atoms with Gasteiger partial charge in [-0.2, -0.15) is 0 Å². The van der Waals surface area contributed by atoms with Crippen LogP contribution in [0.1, 0.15) is 12.0 Å². The van der Waals surface area contributed by atoms with Crippen molar-refractivity contribution in [3.05, 3.63) is 35.9 Å². The van der Waals surface area contributed by atoms with Crippen LogP contribution in [0, 0.1) is 12.8 Å². The normalized spacial score (nSPS) is 18.6. The summed E-state index contributed by atoms with van der Waals surface area (Å²) in [5.74, 6) is -0.410. The highest BCUT2D eigenvalue weighted by Gasteiger charge is 2.34. The van der Waals surface area contributed by atoms with Crippen LogP contribution in [-0.4, -0.2) is 31.8 Å². The Morgan fingerprint density at radius 1 is 1.35 bits per heavy atom. The van der Waals surface area contributed by atoms with Crippen molar-refractivity contribution in [2.24, 2.45) is 11.1 Å². The quantitative estimate of drug-likeness (QED) is 0.906. The number of carbonyl (C=O) groups excluding carboxylic acids is 1. The van der Waals surface area contributed by atoms with E-state index >= 15 is 0 Å². The highest BCUT2D eigenvalue weighted by molar-refractivity contribution is 7.89. The predicted octanol–water partition coefficient (Wildman–Crippen LogP) is 1.29. The van der Waals surface area contributed by atoms with E-state index in [1.807, 2.05) is 31.2 Å². The SMILES string of the molecule is Cc1ccc(-c2cc(N3CC(CS(N)(=O)=O)CC3=O)on2)cc1. The first-order chi connectivity index (χ1) is 10.8. The minimum atomic E-state index is -3.60. The van der Waals surface area contributed by atoms with Gasteiger partial charge in [-0.3, -0.25) is 9.69 Å². The molecule has 2 aromatic rings. The second-order valence-electron chi connectivity index (χ2n) is 5.82. The van der Waals surface area contributed by atoms with E-state index in [0.29, 0.717) is 11.6 Å².